The number of hydrogen-bond donors (Lipinski definition) is 1. The number of carbonyl (C=O) groups is 2. The van der Waals surface area contributed by atoms with Crippen LogP contribution in [-0.4, -0.2) is 40.3 Å². The number of nitrogens with one attached hydrogen (secondary N) is 1. The third-order valence-corrected chi connectivity index (χ3v) is 5.48. The van der Waals surface area contributed by atoms with Gasteiger partial charge >= 0.3 is 0 Å². The van der Waals surface area contributed by atoms with Crippen molar-refractivity contribution in [1.82, 2.24) is 10.2 Å². The van der Waals surface area contributed by atoms with E-state index in [0.29, 0.717) is 38.2 Å². The van der Waals surface area contributed by atoms with Crippen LogP contribution in [0.15, 0.2) is 24.3 Å². The number of nitrogens with zero attached hydrogens (tertiary/aromatic N) is 1. The van der Waals surface area contributed by atoms with Crippen LogP contribution in [0.4, 0.5) is 4.39 Å². The van der Waals surface area contributed by atoms with E-state index >= 15 is 0 Å². The number of thioether (sulfide) groups is 1. The van der Waals surface area contributed by atoms with E-state index in [-0.39, 0.29) is 28.3 Å². The summed E-state index contributed by atoms with van der Waals surface area (Å²) in [6.45, 7) is 7.98. The number of rotatable bonds is 5. The molecule has 25 heavy (non-hydrogen) atoms. The van der Waals surface area contributed by atoms with Gasteiger partial charge in [0.25, 0.3) is 0 Å². The molecule has 1 heterocycles. The van der Waals surface area contributed by atoms with Crippen molar-refractivity contribution in [1.29, 1.82) is 0 Å². The smallest absolute Gasteiger partial charge is 0.232 e. The van der Waals surface area contributed by atoms with Gasteiger partial charge in [0, 0.05) is 30.3 Å². The van der Waals surface area contributed by atoms with Gasteiger partial charge in [-0.15, -0.1) is 11.8 Å². The Hall–Kier alpha value is -1.56. The van der Waals surface area contributed by atoms with Crippen LogP contribution in [0.1, 0.15) is 39.2 Å². The van der Waals surface area contributed by atoms with Crippen molar-refractivity contribution in [3.05, 3.63) is 35.6 Å². The summed E-state index contributed by atoms with van der Waals surface area (Å²) in [4.78, 5) is 26.4. The Morgan fingerprint density at radius 1 is 1.20 bits per heavy atom. The molecule has 4 nitrogen and oxygen atoms in total. The highest BCUT2D eigenvalue weighted by Crippen LogP contribution is 2.24. The number of hydrogen-bond acceptors (Lipinski definition) is 3. The van der Waals surface area contributed by atoms with E-state index in [9.17, 15) is 14.0 Å². The van der Waals surface area contributed by atoms with E-state index in [0.717, 1.165) is 5.56 Å². The Labute approximate surface area is 153 Å². The Morgan fingerprint density at radius 2 is 1.80 bits per heavy atom. The van der Waals surface area contributed by atoms with Crippen molar-refractivity contribution in [2.75, 3.05) is 18.8 Å². The minimum atomic E-state index is -0.281. The zero-order valence-corrected chi connectivity index (χ0v) is 16.0. The fraction of sp³-hybridized carbons (Fsp3) is 0.579. The fourth-order valence-corrected chi connectivity index (χ4v) is 3.44. The van der Waals surface area contributed by atoms with Gasteiger partial charge < -0.3 is 10.2 Å². The van der Waals surface area contributed by atoms with Crippen LogP contribution >= 0.6 is 11.8 Å². The molecule has 0 aromatic heterocycles. The molecule has 0 unspecified atom stereocenters. The fourth-order valence-electron chi connectivity index (χ4n) is 2.70. The molecule has 6 heteroatoms. The minimum Gasteiger partial charge on any atom is -0.352 e. The second kappa shape index (κ2) is 8.70. The predicted molar refractivity (Wildman–Crippen MR) is 99.8 cm³/mol. The topological polar surface area (TPSA) is 49.4 Å². The molecule has 0 radical (unpaired) electrons. The van der Waals surface area contributed by atoms with E-state index in [1.54, 1.807) is 23.9 Å². The maximum absolute atomic E-state index is 12.9. The summed E-state index contributed by atoms with van der Waals surface area (Å²) in [6, 6.07) is 6.12. The van der Waals surface area contributed by atoms with Gasteiger partial charge in [0.15, 0.2) is 0 Å². The van der Waals surface area contributed by atoms with Crippen molar-refractivity contribution in [3.63, 3.8) is 0 Å². The van der Waals surface area contributed by atoms with Crippen molar-refractivity contribution in [2.24, 2.45) is 5.92 Å². The largest absolute Gasteiger partial charge is 0.352 e. The molecule has 2 rings (SSSR count). The maximum atomic E-state index is 12.9. The van der Waals surface area contributed by atoms with Gasteiger partial charge in [-0.2, -0.15) is 0 Å². The lowest BCUT2D eigenvalue weighted by Gasteiger charge is -2.32. The Kier molecular flexibility index (Phi) is 6.87. The molecule has 0 saturated carbocycles. The summed E-state index contributed by atoms with van der Waals surface area (Å²) in [5.74, 6) is 0.326. The van der Waals surface area contributed by atoms with Crippen LogP contribution in [0.25, 0.3) is 0 Å². The molecule has 0 spiro atoms. The highest BCUT2D eigenvalue weighted by molar-refractivity contribution is 8.01. The normalized spacial score (nSPS) is 15.9. The van der Waals surface area contributed by atoms with E-state index in [2.05, 4.69) is 26.1 Å². The first-order chi connectivity index (χ1) is 11.7. The van der Waals surface area contributed by atoms with Gasteiger partial charge in [0.1, 0.15) is 5.82 Å². The molecule has 138 valence electrons. The average Bonchev–Trinajstić information content (AvgIpc) is 2.58. The average molecular weight is 367 g/mol. The molecule has 0 atom stereocenters. The van der Waals surface area contributed by atoms with Gasteiger partial charge in [0.2, 0.25) is 11.8 Å². The predicted octanol–water partition coefficient (Wildman–Crippen LogP) is 3.21. The maximum Gasteiger partial charge on any atom is 0.232 e. The molecule has 1 aromatic rings. The van der Waals surface area contributed by atoms with Crippen molar-refractivity contribution in [3.8, 4) is 0 Å². The van der Waals surface area contributed by atoms with Crippen LogP contribution < -0.4 is 5.32 Å². The molecule has 2 amide bonds. The number of benzene rings is 1. The number of amides is 2. The first-order valence-electron chi connectivity index (χ1n) is 8.68. The minimum absolute atomic E-state index is 0.0143. The molecule has 1 aromatic carbocycles. The Morgan fingerprint density at radius 3 is 2.36 bits per heavy atom. The molecular formula is C19H27FN2O2S. The summed E-state index contributed by atoms with van der Waals surface area (Å²) in [5.41, 5.74) is 0.876. The zero-order chi connectivity index (χ0) is 18.4. The Bertz CT molecular complexity index is 590. The van der Waals surface area contributed by atoms with E-state index in [4.69, 9.17) is 0 Å². The quantitative estimate of drug-likeness (QED) is 0.870. The van der Waals surface area contributed by atoms with Crippen molar-refractivity contribution >= 4 is 23.6 Å². The van der Waals surface area contributed by atoms with Gasteiger partial charge in [-0.05, 0) is 30.5 Å². The lowest BCUT2D eigenvalue weighted by atomic mass is 9.96. The van der Waals surface area contributed by atoms with Gasteiger partial charge in [-0.25, -0.2) is 4.39 Å². The van der Waals surface area contributed by atoms with Crippen LogP contribution in [-0.2, 0) is 16.1 Å². The molecule has 1 fully saturated rings. The third kappa shape index (κ3) is 6.69. The summed E-state index contributed by atoms with van der Waals surface area (Å²) < 4.78 is 13.0. The number of piperidine rings is 1. The highest BCUT2D eigenvalue weighted by Gasteiger charge is 2.27. The van der Waals surface area contributed by atoms with Gasteiger partial charge in [-0.3, -0.25) is 9.59 Å². The first kappa shape index (κ1) is 19.8. The van der Waals surface area contributed by atoms with E-state index in [1.165, 1.54) is 12.1 Å². The first-order valence-corrected chi connectivity index (χ1v) is 9.67. The van der Waals surface area contributed by atoms with E-state index < -0.39 is 0 Å². The second-order valence-corrected chi connectivity index (χ2v) is 9.20. The molecule has 1 N–H and O–H groups in total. The molecular weight excluding hydrogens is 339 g/mol. The summed E-state index contributed by atoms with van der Waals surface area (Å²) in [7, 11) is 0. The van der Waals surface area contributed by atoms with Crippen molar-refractivity contribution < 1.29 is 14.0 Å². The zero-order valence-electron chi connectivity index (χ0n) is 15.2. The lowest BCUT2D eigenvalue weighted by Crippen LogP contribution is -2.43. The van der Waals surface area contributed by atoms with Gasteiger partial charge in [-0.1, -0.05) is 32.9 Å². The van der Waals surface area contributed by atoms with Gasteiger partial charge in [0.05, 0.1) is 5.75 Å². The summed E-state index contributed by atoms with van der Waals surface area (Å²) >= 11 is 1.65. The SMILES string of the molecule is CC(C)(C)SCC(=O)N1CCC(C(=O)NCc2ccc(F)cc2)CC1. The molecule has 1 aliphatic rings. The molecule has 0 aliphatic carbocycles. The molecule has 0 bridgehead atoms. The van der Waals surface area contributed by atoms with Crippen molar-refractivity contribution in [2.45, 2.75) is 44.9 Å². The van der Waals surface area contributed by atoms with Crippen LogP contribution in [0, 0.1) is 11.7 Å². The number of likely N-dealkylation sites (tertiary alicyclic amines) is 1. The second-order valence-electron chi connectivity index (χ2n) is 7.40. The lowest BCUT2D eigenvalue weighted by molar-refractivity contribution is -0.133. The summed E-state index contributed by atoms with van der Waals surface area (Å²) in [6.07, 6.45) is 1.39. The van der Waals surface area contributed by atoms with Crippen LogP contribution in [0.2, 0.25) is 0 Å². The monoisotopic (exact) mass is 366 g/mol. The standard InChI is InChI=1S/C19H27FN2O2S/c1-19(2,3)25-13-17(23)22-10-8-15(9-11-22)18(24)21-12-14-4-6-16(20)7-5-14/h4-7,15H,8-13H2,1-3H3,(H,21,24). The molecule has 1 aliphatic heterocycles. The highest BCUT2D eigenvalue weighted by atomic mass is 32.2. The van der Waals surface area contributed by atoms with Crippen LogP contribution in [0.3, 0.4) is 0 Å². The summed E-state index contributed by atoms with van der Waals surface area (Å²) in [5, 5.41) is 2.91. The van der Waals surface area contributed by atoms with Crippen LogP contribution in [0.5, 0.6) is 0 Å². The number of halogens is 1. The Balaban J connectivity index is 1.72. The number of carbonyl (C=O) groups excluding carboxylic acids is 2. The molecule has 1 saturated heterocycles. The van der Waals surface area contributed by atoms with E-state index in [1.807, 2.05) is 4.90 Å². The third-order valence-electron chi connectivity index (χ3n) is 4.23.